The number of rotatable bonds is 1. The molecule has 0 saturated heterocycles. The maximum absolute atomic E-state index is 11.9. The second kappa shape index (κ2) is 4.82. The highest BCUT2D eigenvalue weighted by atomic mass is 32.1. The summed E-state index contributed by atoms with van der Waals surface area (Å²) in [7, 11) is 0. The summed E-state index contributed by atoms with van der Waals surface area (Å²) in [4.78, 5) is 18.0. The number of hydrogen-bond acceptors (Lipinski definition) is 3. The van der Waals surface area contributed by atoms with E-state index in [0.29, 0.717) is 0 Å². The van der Waals surface area contributed by atoms with Gasteiger partial charge in [-0.05, 0) is 12.5 Å². The molecule has 0 unspecified atom stereocenters. The van der Waals surface area contributed by atoms with Gasteiger partial charge in [0.2, 0.25) is 0 Å². The van der Waals surface area contributed by atoms with E-state index in [1.54, 1.807) is 10.5 Å². The highest BCUT2D eigenvalue weighted by molar-refractivity contribution is 7.18. The minimum absolute atomic E-state index is 0.0316. The van der Waals surface area contributed by atoms with Crippen molar-refractivity contribution in [3.8, 4) is 0 Å². The summed E-state index contributed by atoms with van der Waals surface area (Å²) in [5.74, 6) is 0. The molecule has 1 aliphatic carbocycles. The fraction of sp³-hybridized carbons (Fsp3) is 0.0667. The van der Waals surface area contributed by atoms with E-state index in [1.807, 2.05) is 55.7 Å². The minimum Gasteiger partial charge on any atom is -0.269 e. The smallest absolute Gasteiger partial charge is 0.258 e. The largest absolute Gasteiger partial charge is 0.269 e. The van der Waals surface area contributed by atoms with Crippen molar-refractivity contribution in [3.05, 3.63) is 75.7 Å². The Bertz CT molecular complexity index is 803. The lowest BCUT2D eigenvalue weighted by atomic mass is 10.1. The summed E-state index contributed by atoms with van der Waals surface area (Å²) >= 11 is 1.52. The first kappa shape index (κ1) is 11.9. The van der Waals surface area contributed by atoms with Crippen molar-refractivity contribution in [1.82, 2.24) is 9.38 Å². The molecule has 0 aliphatic heterocycles. The molecule has 2 aromatic heterocycles. The standard InChI is InChI=1S/C15H12N2OS/c1-11-9-14(18)17-10-13(19-15(17)16-11)12-7-5-3-2-4-6-8-12/h2-10H,1H3/b3-2-,4-2?,5-3?,6-4-,7-5-,8-6?,12-7?,12-8+. The molecule has 0 spiro atoms. The quantitative estimate of drug-likeness (QED) is 0.796. The monoisotopic (exact) mass is 268 g/mol. The first-order chi connectivity index (χ1) is 9.24. The SMILES string of the molecule is Cc1cc(=O)n2cc(C3=C/C=C\C=C/C=C\3)sc2n1. The van der Waals surface area contributed by atoms with Crippen molar-refractivity contribution in [1.29, 1.82) is 0 Å². The third-order valence-electron chi connectivity index (χ3n) is 2.78. The van der Waals surface area contributed by atoms with E-state index in [2.05, 4.69) is 4.98 Å². The number of allylic oxidation sites excluding steroid dienone is 8. The molecule has 0 fully saturated rings. The maximum Gasteiger partial charge on any atom is 0.258 e. The fourth-order valence-corrected chi connectivity index (χ4v) is 2.92. The third kappa shape index (κ3) is 2.35. The summed E-state index contributed by atoms with van der Waals surface area (Å²) in [5.41, 5.74) is 1.80. The molecule has 4 heteroatoms. The van der Waals surface area contributed by atoms with Gasteiger partial charge in [-0.15, -0.1) is 0 Å². The maximum atomic E-state index is 11.9. The molecule has 2 aromatic rings. The fourth-order valence-electron chi connectivity index (χ4n) is 1.88. The molecule has 2 heterocycles. The van der Waals surface area contributed by atoms with Crippen LogP contribution >= 0.6 is 11.3 Å². The van der Waals surface area contributed by atoms with Gasteiger partial charge in [-0.3, -0.25) is 9.20 Å². The summed E-state index contributed by atoms with van der Waals surface area (Å²) in [5, 5.41) is 0. The van der Waals surface area contributed by atoms with Crippen LogP contribution in [0, 0.1) is 6.92 Å². The molecule has 0 aromatic carbocycles. The van der Waals surface area contributed by atoms with E-state index in [9.17, 15) is 4.79 Å². The Labute approximate surface area is 114 Å². The predicted molar refractivity (Wildman–Crippen MR) is 79.5 cm³/mol. The van der Waals surface area contributed by atoms with Crippen molar-refractivity contribution in [3.63, 3.8) is 0 Å². The molecule has 0 N–H and O–H groups in total. The van der Waals surface area contributed by atoms with E-state index in [0.717, 1.165) is 21.1 Å². The van der Waals surface area contributed by atoms with Gasteiger partial charge in [0.15, 0.2) is 4.96 Å². The van der Waals surface area contributed by atoms with Crippen LogP contribution in [-0.2, 0) is 0 Å². The molecule has 1 aliphatic rings. The van der Waals surface area contributed by atoms with Gasteiger partial charge in [0.25, 0.3) is 5.56 Å². The van der Waals surface area contributed by atoms with Gasteiger partial charge in [-0.1, -0.05) is 53.9 Å². The molecule has 3 nitrogen and oxygen atoms in total. The molecule has 0 amide bonds. The Hall–Kier alpha value is -2.20. The van der Waals surface area contributed by atoms with Crippen molar-refractivity contribution in [2.24, 2.45) is 0 Å². The second-order valence-electron chi connectivity index (χ2n) is 4.23. The topological polar surface area (TPSA) is 34.4 Å². The Morgan fingerprint density at radius 1 is 1.16 bits per heavy atom. The van der Waals surface area contributed by atoms with Gasteiger partial charge in [-0.2, -0.15) is 0 Å². The van der Waals surface area contributed by atoms with Gasteiger partial charge in [0.05, 0.1) is 4.88 Å². The Morgan fingerprint density at radius 3 is 2.84 bits per heavy atom. The first-order valence-corrected chi connectivity index (χ1v) is 6.77. The lowest BCUT2D eigenvalue weighted by Gasteiger charge is -1.96. The van der Waals surface area contributed by atoms with Crippen LogP contribution in [0.25, 0.3) is 10.5 Å². The summed E-state index contributed by atoms with van der Waals surface area (Å²) in [6.45, 7) is 1.84. The van der Waals surface area contributed by atoms with Crippen LogP contribution in [0.4, 0.5) is 0 Å². The van der Waals surface area contributed by atoms with Gasteiger partial charge >= 0.3 is 0 Å². The van der Waals surface area contributed by atoms with Crippen LogP contribution in [0.5, 0.6) is 0 Å². The van der Waals surface area contributed by atoms with Crippen LogP contribution < -0.4 is 5.56 Å². The third-order valence-corrected chi connectivity index (χ3v) is 3.81. The van der Waals surface area contributed by atoms with Gasteiger partial charge in [-0.25, -0.2) is 4.98 Å². The zero-order chi connectivity index (χ0) is 13.2. The molecule has 3 rings (SSSR count). The van der Waals surface area contributed by atoms with Crippen LogP contribution in [0.1, 0.15) is 10.6 Å². The number of hydrogen-bond donors (Lipinski definition) is 0. The molecule has 0 radical (unpaired) electrons. The average molecular weight is 268 g/mol. The van der Waals surface area contributed by atoms with E-state index < -0.39 is 0 Å². The van der Waals surface area contributed by atoms with Gasteiger partial charge in [0, 0.05) is 18.0 Å². The first-order valence-electron chi connectivity index (χ1n) is 5.96. The average Bonchev–Trinajstić information content (AvgIpc) is 2.72. The number of nitrogens with zero attached hydrogens (tertiary/aromatic N) is 2. The lowest BCUT2D eigenvalue weighted by molar-refractivity contribution is 1.04. The second-order valence-corrected chi connectivity index (χ2v) is 5.24. The highest BCUT2D eigenvalue weighted by Crippen LogP contribution is 2.24. The molecule has 94 valence electrons. The zero-order valence-electron chi connectivity index (χ0n) is 10.4. The summed E-state index contributed by atoms with van der Waals surface area (Å²) in [6, 6.07) is 1.55. The van der Waals surface area contributed by atoms with E-state index in [4.69, 9.17) is 0 Å². The normalized spacial score (nSPS) is 22.3. The predicted octanol–water partition coefficient (Wildman–Crippen LogP) is 3.13. The Balaban J connectivity index is 2.16. The Morgan fingerprint density at radius 2 is 1.95 bits per heavy atom. The molecular weight excluding hydrogens is 256 g/mol. The van der Waals surface area contributed by atoms with Crippen molar-refractivity contribution in [2.75, 3.05) is 0 Å². The van der Waals surface area contributed by atoms with Gasteiger partial charge in [0.1, 0.15) is 0 Å². The lowest BCUT2D eigenvalue weighted by Crippen LogP contribution is -2.11. The zero-order valence-corrected chi connectivity index (χ0v) is 11.2. The van der Waals surface area contributed by atoms with Crippen LogP contribution in [0.3, 0.4) is 0 Å². The van der Waals surface area contributed by atoms with E-state index in [-0.39, 0.29) is 5.56 Å². The number of aromatic nitrogens is 2. The number of fused-ring (bicyclic) bond motifs is 1. The molecule has 0 saturated carbocycles. The Kier molecular flexibility index (Phi) is 3.01. The van der Waals surface area contributed by atoms with Crippen LogP contribution in [0.15, 0.2) is 59.6 Å². The molecule has 19 heavy (non-hydrogen) atoms. The van der Waals surface area contributed by atoms with Crippen LogP contribution in [0.2, 0.25) is 0 Å². The highest BCUT2D eigenvalue weighted by Gasteiger charge is 2.07. The minimum atomic E-state index is -0.0316. The molecule has 0 bridgehead atoms. The number of aryl methyl sites for hydroxylation is 1. The number of thiazole rings is 1. The van der Waals surface area contributed by atoms with Crippen LogP contribution in [-0.4, -0.2) is 9.38 Å². The molecular formula is C15H12N2OS. The van der Waals surface area contributed by atoms with Crippen molar-refractivity contribution >= 4 is 21.9 Å². The molecule has 0 atom stereocenters. The van der Waals surface area contributed by atoms with E-state index >= 15 is 0 Å². The summed E-state index contributed by atoms with van der Waals surface area (Å²) < 4.78 is 1.60. The van der Waals surface area contributed by atoms with Crippen molar-refractivity contribution < 1.29 is 0 Å². The van der Waals surface area contributed by atoms with Gasteiger partial charge < -0.3 is 0 Å². The van der Waals surface area contributed by atoms with Crippen molar-refractivity contribution in [2.45, 2.75) is 6.92 Å². The summed E-state index contributed by atoms with van der Waals surface area (Å²) in [6.07, 6.45) is 15.8. The van der Waals surface area contributed by atoms with E-state index in [1.165, 1.54) is 11.3 Å².